The van der Waals surface area contributed by atoms with Crippen molar-refractivity contribution in [1.29, 1.82) is 5.26 Å². The Morgan fingerprint density at radius 1 is 1.26 bits per heavy atom. The predicted octanol–water partition coefficient (Wildman–Crippen LogP) is 1.57. The summed E-state index contributed by atoms with van der Waals surface area (Å²) in [6.45, 7) is 4.23. The molecule has 9 nitrogen and oxygen atoms in total. The normalized spacial score (nSPS) is 12.2. The topological polar surface area (TPSA) is 140 Å². The summed E-state index contributed by atoms with van der Waals surface area (Å²) in [6.07, 6.45) is 1.15. The average Bonchev–Trinajstić information content (AvgIpc) is 2.67. The van der Waals surface area contributed by atoms with E-state index >= 15 is 0 Å². The Morgan fingerprint density at radius 2 is 1.96 bits per heavy atom. The maximum absolute atomic E-state index is 12.2. The van der Waals surface area contributed by atoms with Crippen LogP contribution < -0.4 is 15.4 Å². The number of aliphatic hydroxyl groups is 1. The predicted molar refractivity (Wildman–Crippen MR) is 102 cm³/mol. The standard InChI is InChI=1S/C17H22N6O3S/c1-3-14(24)11-21-27(25,26)15-7-5-13(6-8-15)22-17-20-10-12(9-18)16(23-17)19-4-2/h5-8,10,14,21,24H,3-4,11H2,1-2H3,(H2,19,20,22,23). The van der Waals surface area contributed by atoms with Crippen molar-refractivity contribution in [3.63, 3.8) is 0 Å². The first-order valence-corrected chi connectivity index (χ1v) is 9.93. The second-order valence-corrected chi connectivity index (χ2v) is 7.43. The lowest BCUT2D eigenvalue weighted by Gasteiger charge is -2.11. The quantitative estimate of drug-likeness (QED) is 0.506. The Bertz CT molecular complexity index is 909. The molecule has 1 unspecified atom stereocenters. The van der Waals surface area contributed by atoms with Crippen molar-refractivity contribution in [2.45, 2.75) is 31.3 Å². The Morgan fingerprint density at radius 3 is 2.56 bits per heavy atom. The van der Waals surface area contributed by atoms with Gasteiger partial charge in [0.2, 0.25) is 16.0 Å². The Hall–Kier alpha value is -2.74. The molecule has 0 aliphatic carbocycles. The van der Waals surface area contributed by atoms with Crippen molar-refractivity contribution in [3.8, 4) is 6.07 Å². The summed E-state index contributed by atoms with van der Waals surface area (Å²) in [5.41, 5.74) is 0.930. The number of nitrogens with zero attached hydrogens (tertiary/aromatic N) is 3. The zero-order chi connectivity index (χ0) is 19.9. The smallest absolute Gasteiger partial charge is 0.240 e. The van der Waals surface area contributed by atoms with Gasteiger partial charge in [-0.3, -0.25) is 0 Å². The summed E-state index contributed by atoms with van der Waals surface area (Å²) in [5.74, 6) is 0.708. The monoisotopic (exact) mass is 390 g/mol. The fourth-order valence-corrected chi connectivity index (χ4v) is 3.18. The van der Waals surface area contributed by atoms with E-state index in [9.17, 15) is 13.5 Å². The van der Waals surface area contributed by atoms with Gasteiger partial charge in [0.25, 0.3) is 0 Å². The lowest BCUT2D eigenvalue weighted by Crippen LogP contribution is -2.31. The summed E-state index contributed by atoms with van der Waals surface area (Å²) >= 11 is 0. The van der Waals surface area contributed by atoms with Gasteiger partial charge in [-0.2, -0.15) is 10.2 Å². The van der Waals surface area contributed by atoms with Crippen LogP contribution in [0, 0.1) is 11.3 Å². The number of aromatic nitrogens is 2. The summed E-state index contributed by atoms with van der Waals surface area (Å²) < 4.78 is 26.8. The van der Waals surface area contributed by atoms with Crippen LogP contribution in [0.2, 0.25) is 0 Å². The van der Waals surface area contributed by atoms with Crippen molar-refractivity contribution in [1.82, 2.24) is 14.7 Å². The molecule has 4 N–H and O–H groups in total. The summed E-state index contributed by atoms with van der Waals surface area (Å²) in [6, 6.07) is 8.06. The molecule has 0 radical (unpaired) electrons. The SMILES string of the molecule is CCNc1nc(Nc2ccc(S(=O)(=O)NCC(O)CC)cc2)ncc1C#N. The van der Waals surface area contributed by atoms with E-state index in [1.165, 1.54) is 18.3 Å². The zero-order valence-corrected chi connectivity index (χ0v) is 15.9. The van der Waals surface area contributed by atoms with Crippen LogP contribution in [0.5, 0.6) is 0 Å². The third kappa shape index (κ3) is 5.62. The van der Waals surface area contributed by atoms with Crippen molar-refractivity contribution in [2.75, 3.05) is 23.7 Å². The van der Waals surface area contributed by atoms with E-state index in [1.807, 2.05) is 13.0 Å². The van der Waals surface area contributed by atoms with E-state index in [4.69, 9.17) is 5.26 Å². The number of sulfonamides is 1. The van der Waals surface area contributed by atoms with Gasteiger partial charge < -0.3 is 15.7 Å². The third-order valence-corrected chi connectivity index (χ3v) is 5.09. The van der Waals surface area contributed by atoms with E-state index in [0.29, 0.717) is 30.0 Å². The fourth-order valence-electron chi connectivity index (χ4n) is 2.11. The Kier molecular flexibility index (Phi) is 7.06. The van der Waals surface area contributed by atoms with Gasteiger partial charge in [0.15, 0.2) is 0 Å². The molecule has 2 aromatic rings. The lowest BCUT2D eigenvalue weighted by molar-refractivity contribution is 0.174. The van der Waals surface area contributed by atoms with Crippen LogP contribution in [-0.4, -0.2) is 42.7 Å². The molecule has 1 heterocycles. The highest BCUT2D eigenvalue weighted by Crippen LogP contribution is 2.19. The van der Waals surface area contributed by atoms with Crippen molar-refractivity contribution >= 4 is 27.5 Å². The summed E-state index contributed by atoms with van der Waals surface area (Å²) in [5, 5.41) is 24.5. The first-order chi connectivity index (χ1) is 12.9. The summed E-state index contributed by atoms with van der Waals surface area (Å²) in [7, 11) is -3.69. The van der Waals surface area contributed by atoms with Gasteiger partial charge in [0, 0.05) is 18.8 Å². The molecule has 144 valence electrons. The van der Waals surface area contributed by atoms with Gasteiger partial charge in [0.05, 0.1) is 17.2 Å². The molecule has 0 bridgehead atoms. The highest BCUT2D eigenvalue weighted by Gasteiger charge is 2.15. The maximum Gasteiger partial charge on any atom is 0.240 e. The molecule has 0 fully saturated rings. The average molecular weight is 390 g/mol. The second kappa shape index (κ2) is 9.27. The van der Waals surface area contributed by atoms with Gasteiger partial charge in [-0.15, -0.1) is 0 Å². The van der Waals surface area contributed by atoms with Crippen LogP contribution in [0.3, 0.4) is 0 Å². The van der Waals surface area contributed by atoms with Gasteiger partial charge in [-0.25, -0.2) is 18.1 Å². The van der Waals surface area contributed by atoms with Gasteiger partial charge >= 0.3 is 0 Å². The molecule has 0 aliphatic rings. The number of anilines is 3. The zero-order valence-electron chi connectivity index (χ0n) is 15.1. The van der Waals surface area contributed by atoms with Gasteiger partial charge in [-0.1, -0.05) is 6.92 Å². The summed E-state index contributed by atoms with van der Waals surface area (Å²) in [4.78, 5) is 8.41. The van der Waals surface area contributed by atoms with Crippen LogP contribution in [0.25, 0.3) is 0 Å². The number of hydrogen-bond donors (Lipinski definition) is 4. The van der Waals surface area contributed by atoms with Crippen molar-refractivity contribution in [2.24, 2.45) is 0 Å². The molecule has 0 saturated carbocycles. The number of nitriles is 1. The molecule has 1 aromatic heterocycles. The Balaban J connectivity index is 2.12. The minimum absolute atomic E-state index is 0.0366. The van der Waals surface area contributed by atoms with Crippen LogP contribution in [0.4, 0.5) is 17.5 Å². The van der Waals surface area contributed by atoms with E-state index < -0.39 is 16.1 Å². The molecular formula is C17H22N6O3S. The first-order valence-electron chi connectivity index (χ1n) is 8.45. The molecule has 0 aliphatic heterocycles. The van der Waals surface area contributed by atoms with Crippen molar-refractivity contribution in [3.05, 3.63) is 36.0 Å². The van der Waals surface area contributed by atoms with Crippen LogP contribution in [0.15, 0.2) is 35.4 Å². The largest absolute Gasteiger partial charge is 0.392 e. The Labute approximate surface area is 158 Å². The molecule has 10 heteroatoms. The molecule has 27 heavy (non-hydrogen) atoms. The highest BCUT2D eigenvalue weighted by molar-refractivity contribution is 7.89. The molecule has 0 spiro atoms. The van der Waals surface area contributed by atoms with Crippen molar-refractivity contribution < 1.29 is 13.5 Å². The fraction of sp³-hybridized carbons (Fsp3) is 0.353. The minimum Gasteiger partial charge on any atom is -0.392 e. The second-order valence-electron chi connectivity index (χ2n) is 5.66. The van der Waals surface area contributed by atoms with E-state index in [-0.39, 0.29) is 17.4 Å². The maximum atomic E-state index is 12.2. The molecule has 1 aromatic carbocycles. The number of rotatable bonds is 9. The molecule has 0 saturated heterocycles. The molecule has 2 rings (SSSR count). The number of benzene rings is 1. The van der Waals surface area contributed by atoms with E-state index in [2.05, 4.69) is 25.3 Å². The number of hydrogen-bond acceptors (Lipinski definition) is 8. The van der Waals surface area contributed by atoms with Crippen LogP contribution in [0.1, 0.15) is 25.8 Å². The lowest BCUT2D eigenvalue weighted by atomic mass is 10.3. The van der Waals surface area contributed by atoms with Crippen LogP contribution in [-0.2, 0) is 10.0 Å². The number of aliphatic hydroxyl groups excluding tert-OH is 1. The minimum atomic E-state index is -3.69. The van der Waals surface area contributed by atoms with E-state index in [0.717, 1.165) is 0 Å². The highest BCUT2D eigenvalue weighted by atomic mass is 32.2. The molecule has 1 atom stereocenters. The molecular weight excluding hydrogens is 368 g/mol. The number of nitrogens with one attached hydrogen (secondary N) is 3. The van der Waals surface area contributed by atoms with Gasteiger partial charge in [0.1, 0.15) is 17.5 Å². The van der Waals surface area contributed by atoms with E-state index in [1.54, 1.807) is 19.1 Å². The van der Waals surface area contributed by atoms with Gasteiger partial charge in [-0.05, 0) is 37.6 Å². The van der Waals surface area contributed by atoms with Crippen LogP contribution >= 0.6 is 0 Å². The third-order valence-electron chi connectivity index (χ3n) is 3.65. The first kappa shape index (κ1) is 20.6. The molecule has 0 amide bonds.